The van der Waals surface area contributed by atoms with Crippen LogP contribution in [0.5, 0.6) is 0 Å². The summed E-state index contributed by atoms with van der Waals surface area (Å²) in [5, 5.41) is 8.80. The van der Waals surface area contributed by atoms with E-state index in [1.807, 2.05) is 13.0 Å². The van der Waals surface area contributed by atoms with Gasteiger partial charge in [-0.3, -0.25) is 4.90 Å². The van der Waals surface area contributed by atoms with E-state index in [1.54, 1.807) is 0 Å². The second kappa shape index (κ2) is 6.76. The quantitative estimate of drug-likeness (QED) is 0.689. The van der Waals surface area contributed by atoms with Gasteiger partial charge in [0.25, 0.3) is 0 Å². The van der Waals surface area contributed by atoms with Crippen molar-refractivity contribution in [2.75, 3.05) is 29.4 Å². The molecule has 2 aromatic heterocycles. The third-order valence-electron chi connectivity index (χ3n) is 5.02. The van der Waals surface area contributed by atoms with Crippen molar-refractivity contribution in [1.82, 2.24) is 19.7 Å². The number of fused-ring (bicyclic) bond motifs is 3. The van der Waals surface area contributed by atoms with E-state index < -0.39 is 0 Å². The monoisotopic (exact) mass is 370 g/mol. The zero-order chi connectivity index (χ0) is 18.3. The largest absolute Gasteiger partial charge is 0.370 e. The van der Waals surface area contributed by atoms with Gasteiger partial charge in [-0.25, -0.2) is 4.98 Å². The fourth-order valence-corrected chi connectivity index (χ4v) is 3.99. The molecule has 0 saturated heterocycles. The number of benzene rings is 1. The normalized spacial score (nSPS) is 13.9. The number of hydrogen-bond donors (Lipinski definition) is 0. The minimum Gasteiger partial charge on any atom is -0.370 e. The van der Waals surface area contributed by atoms with E-state index in [1.165, 1.54) is 11.2 Å². The number of para-hydroxylation sites is 1. The van der Waals surface area contributed by atoms with Crippen LogP contribution in [-0.4, -0.2) is 39.4 Å². The van der Waals surface area contributed by atoms with E-state index in [4.69, 9.17) is 16.6 Å². The molecule has 4 rings (SSSR count). The van der Waals surface area contributed by atoms with Gasteiger partial charge < -0.3 is 9.47 Å². The van der Waals surface area contributed by atoms with Gasteiger partial charge in [0.2, 0.25) is 5.95 Å². The molecule has 0 fully saturated rings. The van der Waals surface area contributed by atoms with Crippen molar-refractivity contribution in [2.45, 2.75) is 33.7 Å². The molecule has 0 atom stereocenters. The summed E-state index contributed by atoms with van der Waals surface area (Å²) in [5.74, 6) is 1.76. The third kappa shape index (κ3) is 2.69. The molecule has 3 aromatic rings. The average molecular weight is 371 g/mol. The molecule has 0 unspecified atom stereocenters. The van der Waals surface area contributed by atoms with Crippen molar-refractivity contribution in [3.63, 3.8) is 0 Å². The van der Waals surface area contributed by atoms with Crippen molar-refractivity contribution in [3.8, 4) is 0 Å². The van der Waals surface area contributed by atoms with Crippen LogP contribution >= 0.6 is 11.6 Å². The molecule has 1 aliphatic heterocycles. The standard InChI is InChI=1S/C19H23ClN6/c1-4-24(5-2)15-9-6-8-14-17(15)25-10-7-11-26(19(25)21-14)18-13(3)12-16(20)22-23-18/h6,8-9,12H,4-5,7,10-11H2,1-3H3. The molecule has 0 amide bonds. The summed E-state index contributed by atoms with van der Waals surface area (Å²) in [7, 11) is 0. The number of nitrogens with zero attached hydrogens (tertiary/aromatic N) is 6. The molecule has 0 radical (unpaired) electrons. The van der Waals surface area contributed by atoms with Crippen LogP contribution in [0.25, 0.3) is 11.0 Å². The SMILES string of the molecule is CCN(CC)c1cccc2nc3n(c12)CCCN3c1nnc(Cl)cc1C. The molecule has 1 aliphatic rings. The third-order valence-corrected chi connectivity index (χ3v) is 5.20. The average Bonchev–Trinajstić information content (AvgIpc) is 3.02. The van der Waals surface area contributed by atoms with Crippen LogP contribution < -0.4 is 9.80 Å². The van der Waals surface area contributed by atoms with E-state index in [-0.39, 0.29) is 0 Å². The van der Waals surface area contributed by atoms with Gasteiger partial charge in [0.1, 0.15) is 0 Å². The summed E-state index contributed by atoms with van der Waals surface area (Å²) in [6.07, 6.45) is 1.04. The molecule has 0 spiro atoms. The summed E-state index contributed by atoms with van der Waals surface area (Å²) < 4.78 is 2.32. The van der Waals surface area contributed by atoms with Crippen molar-refractivity contribution in [1.29, 1.82) is 0 Å². The van der Waals surface area contributed by atoms with Crippen LogP contribution in [0.15, 0.2) is 24.3 Å². The minimum atomic E-state index is 0.417. The summed E-state index contributed by atoms with van der Waals surface area (Å²) in [6, 6.07) is 8.22. The maximum atomic E-state index is 5.99. The molecule has 136 valence electrons. The number of aromatic nitrogens is 4. The first-order valence-corrected chi connectivity index (χ1v) is 9.53. The van der Waals surface area contributed by atoms with Gasteiger partial charge in [0, 0.05) is 26.2 Å². The lowest BCUT2D eigenvalue weighted by atomic mass is 10.2. The molecule has 7 heteroatoms. The number of hydrogen-bond acceptors (Lipinski definition) is 5. The van der Waals surface area contributed by atoms with Gasteiger partial charge in [-0.1, -0.05) is 17.7 Å². The summed E-state index contributed by atoms with van der Waals surface area (Å²) >= 11 is 5.99. The lowest BCUT2D eigenvalue weighted by molar-refractivity contribution is 0.598. The Morgan fingerprint density at radius 2 is 1.96 bits per heavy atom. The van der Waals surface area contributed by atoms with Crippen LogP contribution in [0.3, 0.4) is 0 Å². The Morgan fingerprint density at radius 3 is 2.69 bits per heavy atom. The molecule has 0 saturated carbocycles. The Hall–Kier alpha value is -2.34. The maximum Gasteiger partial charge on any atom is 0.212 e. The van der Waals surface area contributed by atoms with Crippen LogP contribution in [0.2, 0.25) is 5.15 Å². The fraction of sp³-hybridized carbons (Fsp3) is 0.421. The summed E-state index contributed by atoms with van der Waals surface area (Å²) in [5.41, 5.74) is 4.48. The van der Waals surface area contributed by atoms with Gasteiger partial charge in [0.05, 0.1) is 16.7 Å². The first kappa shape index (κ1) is 17.1. The predicted molar refractivity (Wildman–Crippen MR) is 107 cm³/mol. The summed E-state index contributed by atoms with van der Waals surface area (Å²) in [6.45, 7) is 10.2. The Morgan fingerprint density at radius 1 is 1.15 bits per heavy atom. The highest BCUT2D eigenvalue weighted by Crippen LogP contribution is 2.36. The molecule has 0 aliphatic carbocycles. The number of rotatable bonds is 4. The van der Waals surface area contributed by atoms with E-state index >= 15 is 0 Å². The first-order valence-electron chi connectivity index (χ1n) is 9.15. The number of imidazole rings is 1. The smallest absolute Gasteiger partial charge is 0.212 e. The van der Waals surface area contributed by atoms with Crippen molar-refractivity contribution in [3.05, 3.63) is 35.0 Å². The molecule has 26 heavy (non-hydrogen) atoms. The van der Waals surface area contributed by atoms with E-state index in [2.05, 4.69) is 56.6 Å². The van der Waals surface area contributed by atoms with Gasteiger partial charge in [0.15, 0.2) is 11.0 Å². The first-order chi connectivity index (χ1) is 12.6. The van der Waals surface area contributed by atoms with Gasteiger partial charge in [-0.2, -0.15) is 0 Å². The zero-order valence-electron chi connectivity index (χ0n) is 15.4. The number of aryl methyl sites for hydroxylation is 2. The highest BCUT2D eigenvalue weighted by atomic mass is 35.5. The van der Waals surface area contributed by atoms with Gasteiger partial charge in [-0.05, 0) is 51.0 Å². The molecule has 1 aromatic carbocycles. The lowest BCUT2D eigenvalue weighted by Gasteiger charge is -2.30. The highest BCUT2D eigenvalue weighted by molar-refractivity contribution is 6.29. The second-order valence-corrected chi connectivity index (χ2v) is 6.95. The van der Waals surface area contributed by atoms with Crippen molar-refractivity contribution >= 4 is 40.1 Å². The van der Waals surface area contributed by atoms with Crippen molar-refractivity contribution in [2.24, 2.45) is 0 Å². The highest BCUT2D eigenvalue weighted by Gasteiger charge is 2.26. The maximum absolute atomic E-state index is 5.99. The Kier molecular flexibility index (Phi) is 4.44. The minimum absolute atomic E-state index is 0.417. The molecule has 3 heterocycles. The van der Waals surface area contributed by atoms with Crippen LogP contribution in [0, 0.1) is 6.92 Å². The topological polar surface area (TPSA) is 50.1 Å². The molecular weight excluding hydrogens is 348 g/mol. The van der Waals surface area contributed by atoms with Gasteiger partial charge in [-0.15, -0.1) is 10.2 Å². The molecule has 0 N–H and O–H groups in total. The fourth-order valence-electron chi connectivity index (χ4n) is 3.79. The Labute approximate surface area is 158 Å². The number of anilines is 3. The number of halogens is 1. The van der Waals surface area contributed by atoms with E-state index in [9.17, 15) is 0 Å². The Balaban J connectivity index is 1.90. The zero-order valence-corrected chi connectivity index (χ0v) is 16.2. The van der Waals surface area contributed by atoms with Crippen LogP contribution in [0.1, 0.15) is 25.8 Å². The predicted octanol–water partition coefficient (Wildman–Crippen LogP) is 4.18. The lowest BCUT2D eigenvalue weighted by Crippen LogP contribution is -2.30. The van der Waals surface area contributed by atoms with E-state index in [0.717, 1.165) is 55.4 Å². The van der Waals surface area contributed by atoms with Crippen molar-refractivity contribution < 1.29 is 0 Å². The van der Waals surface area contributed by atoms with E-state index in [0.29, 0.717) is 5.15 Å². The van der Waals surface area contributed by atoms with Crippen LogP contribution in [0.4, 0.5) is 17.5 Å². The molecular formula is C19H23ClN6. The molecule has 6 nitrogen and oxygen atoms in total. The summed E-state index contributed by atoms with van der Waals surface area (Å²) in [4.78, 5) is 9.49. The Bertz CT molecular complexity index is 947. The molecule has 0 bridgehead atoms. The van der Waals surface area contributed by atoms with Crippen LogP contribution in [-0.2, 0) is 6.54 Å². The van der Waals surface area contributed by atoms with Gasteiger partial charge >= 0.3 is 0 Å². The second-order valence-electron chi connectivity index (χ2n) is 6.56.